The Bertz CT molecular complexity index is 2920. The smallest absolute Gasteiger partial charge is 0.135 e. The highest BCUT2D eigenvalue weighted by molar-refractivity contribution is 6.06. The quantitative estimate of drug-likeness (QED) is 0.147. The normalized spacial score (nSPS) is 11.2. The van der Waals surface area contributed by atoms with Crippen molar-refractivity contribution in [2.75, 3.05) is 9.80 Å². The maximum atomic E-state index is 6.18. The van der Waals surface area contributed by atoms with Gasteiger partial charge in [0.05, 0.1) is 0 Å². The Balaban J connectivity index is 1.06. The van der Waals surface area contributed by atoms with Crippen LogP contribution in [0.2, 0.25) is 0 Å². The molecule has 0 fully saturated rings. The van der Waals surface area contributed by atoms with Gasteiger partial charge in [-0.05, 0) is 118 Å². The third-order valence-corrected chi connectivity index (χ3v) is 10.7. The highest BCUT2D eigenvalue weighted by atomic mass is 16.3. The van der Waals surface area contributed by atoms with Crippen LogP contribution in [0.1, 0.15) is 0 Å². The van der Waals surface area contributed by atoms with Gasteiger partial charge in [0.1, 0.15) is 11.2 Å². The number of furan rings is 1. The maximum absolute atomic E-state index is 6.18. The van der Waals surface area contributed by atoms with E-state index >= 15 is 0 Å². The fourth-order valence-corrected chi connectivity index (χ4v) is 7.90. The molecule has 10 aromatic rings. The Morgan fingerprint density at radius 3 is 1.26 bits per heavy atom. The van der Waals surface area contributed by atoms with E-state index in [0.717, 1.165) is 67.2 Å². The molecule has 0 unspecified atom stereocenters. The first-order chi connectivity index (χ1) is 28.3. The van der Waals surface area contributed by atoms with Gasteiger partial charge in [-0.1, -0.05) is 146 Å². The summed E-state index contributed by atoms with van der Waals surface area (Å²) in [5.74, 6) is 0. The van der Waals surface area contributed by atoms with Crippen LogP contribution >= 0.6 is 0 Å². The number of fused-ring (bicyclic) bond motifs is 3. The molecule has 10 rings (SSSR count). The molecule has 0 aliphatic carbocycles. The van der Waals surface area contributed by atoms with Gasteiger partial charge in [-0.25, -0.2) is 0 Å². The number of nitrogens with zero attached hydrogens (tertiary/aromatic N) is 2. The highest BCUT2D eigenvalue weighted by Crippen LogP contribution is 2.43. The molecule has 3 nitrogen and oxygen atoms in total. The summed E-state index contributed by atoms with van der Waals surface area (Å²) in [5, 5.41) is 2.22. The summed E-state index contributed by atoms with van der Waals surface area (Å²) in [6.45, 7) is 0. The van der Waals surface area contributed by atoms with Crippen LogP contribution in [0.4, 0.5) is 34.1 Å². The summed E-state index contributed by atoms with van der Waals surface area (Å²) in [6, 6.07) is 81.8. The largest absolute Gasteiger partial charge is 0.456 e. The zero-order valence-electron chi connectivity index (χ0n) is 31.2. The Morgan fingerprint density at radius 1 is 0.246 bits per heavy atom. The molecule has 0 amide bonds. The van der Waals surface area contributed by atoms with Crippen LogP contribution in [-0.4, -0.2) is 0 Å². The number of para-hydroxylation sites is 3. The van der Waals surface area contributed by atoms with Gasteiger partial charge < -0.3 is 14.2 Å². The molecule has 0 spiro atoms. The van der Waals surface area contributed by atoms with E-state index in [-0.39, 0.29) is 0 Å². The predicted octanol–water partition coefficient (Wildman–Crippen LogP) is 15.5. The first kappa shape index (κ1) is 33.9. The lowest BCUT2D eigenvalue weighted by atomic mass is 9.93. The van der Waals surface area contributed by atoms with Crippen LogP contribution in [0.15, 0.2) is 235 Å². The van der Waals surface area contributed by atoms with E-state index < -0.39 is 0 Å². The van der Waals surface area contributed by atoms with Crippen molar-refractivity contribution in [3.63, 3.8) is 0 Å². The van der Waals surface area contributed by atoms with Crippen molar-refractivity contribution >= 4 is 56.1 Å². The molecular formula is C54H38N2O. The van der Waals surface area contributed by atoms with E-state index in [9.17, 15) is 0 Å². The first-order valence-electron chi connectivity index (χ1n) is 19.3. The van der Waals surface area contributed by atoms with Crippen molar-refractivity contribution < 1.29 is 4.42 Å². The van der Waals surface area contributed by atoms with Crippen molar-refractivity contribution in [1.29, 1.82) is 0 Å². The number of hydrogen-bond donors (Lipinski definition) is 0. The molecule has 3 heteroatoms. The number of benzene rings is 9. The van der Waals surface area contributed by atoms with Gasteiger partial charge in [0.15, 0.2) is 0 Å². The molecule has 57 heavy (non-hydrogen) atoms. The van der Waals surface area contributed by atoms with Crippen molar-refractivity contribution in [1.82, 2.24) is 0 Å². The van der Waals surface area contributed by atoms with Gasteiger partial charge in [0.2, 0.25) is 0 Å². The third-order valence-electron chi connectivity index (χ3n) is 10.7. The molecule has 270 valence electrons. The molecule has 0 aliphatic heterocycles. The summed E-state index contributed by atoms with van der Waals surface area (Å²) >= 11 is 0. The molecule has 1 heterocycles. The molecule has 0 atom stereocenters. The van der Waals surface area contributed by atoms with E-state index in [4.69, 9.17) is 4.42 Å². The first-order valence-corrected chi connectivity index (χ1v) is 19.3. The molecule has 1 aromatic heterocycles. The van der Waals surface area contributed by atoms with Gasteiger partial charge in [-0.3, -0.25) is 0 Å². The average molecular weight is 731 g/mol. The molecule has 0 aliphatic rings. The second-order valence-corrected chi connectivity index (χ2v) is 14.2. The van der Waals surface area contributed by atoms with Crippen LogP contribution in [-0.2, 0) is 0 Å². The summed E-state index contributed by atoms with van der Waals surface area (Å²) in [6.07, 6.45) is 0. The molecule has 0 N–H and O–H groups in total. The predicted molar refractivity (Wildman–Crippen MR) is 239 cm³/mol. The lowest BCUT2D eigenvalue weighted by Crippen LogP contribution is -2.10. The topological polar surface area (TPSA) is 19.6 Å². The zero-order chi connectivity index (χ0) is 38.0. The van der Waals surface area contributed by atoms with Gasteiger partial charge in [-0.15, -0.1) is 0 Å². The van der Waals surface area contributed by atoms with Crippen LogP contribution in [0.3, 0.4) is 0 Å². The Morgan fingerprint density at radius 2 is 0.649 bits per heavy atom. The molecule has 0 bridgehead atoms. The Labute approximate surface area is 333 Å². The number of anilines is 6. The summed E-state index contributed by atoms with van der Waals surface area (Å²) in [4.78, 5) is 4.65. The average Bonchev–Trinajstić information content (AvgIpc) is 3.67. The second-order valence-electron chi connectivity index (χ2n) is 14.2. The molecule has 0 saturated carbocycles. The lowest BCUT2D eigenvalue weighted by Gasteiger charge is -2.27. The van der Waals surface area contributed by atoms with Gasteiger partial charge in [0, 0.05) is 44.9 Å². The summed E-state index contributed by atoms with van der Waals surface area (Å²) < 4.78 is 6.18. The van der Waals surface area contributed by atoms with Crippen LogP contribution < -0.4 is 9.80 Å². The summed E-state index contributed by atoms with van der Waals surface area (Å²) in [7, 11) is 0. The van der Waals surface area contributed by atoms with Gasteiger partial charge in [-0.2, -0.15) is 0 Å². The van der Waals surface area contributed by atoms with Gasteiger partial charge >= 0.3 is 0 Å². The highest BCUT2D eigenvalue weighted by Gasteiger charge is 2.19. The molecule has 0 saturated heterocycles. The molecule has 0 radical (unpaired) electrons. The Hall–Kier alpha value is -7.62. The molecular weight excluding hydrogens is 693 g/mol. The minimum atomic E-state index is 0.884. The SMILES string of the molecule is c1ccc(-c2ccc(N(c3ccccc3)c3ccc(-c4ccc(N(c5ccccc5)c5ccc6oc7ccccc7c6c5)cc4)c(-c4ccccc4)c3)cc2)cc1. The number of rotatable bonds is 9. The fourth-order valence-electron chi connectivity index (χ4n) is 7.90. The van der Waals surface area contributed by atoms with Crippen molar-refractivity contribution in [3.8, 4) is 33.4 Å². The van der Waals surface area contributed by atoms with E-state index in [2.05, 4.69) is 228 Å². The summed E-state index contributed by atoms with van der Waals surface area (Å²) in [5.41, 5.74) is 15.3. The van der Waals surface area contributed by atoms with Crippen LogP contribution in [0, 0.1) is 0 Å². The van der Waals surface area contributed by atoms with Crippen molar-refractivity contribution in [3.05, 3.63) is 231 Å². The van der Waals surface area contributed by atoms with E-state index in [1.807, 2.05) is 12.1 Å². The van der Waals surface area contributed by atoms with Crippen molar-refractivity contribution in [2.45, 2.75) is 0 Å². The Kier molecular flexibility index (Phi) is 8.86. The van der Waals surface area contributed by atoms with E-state index in [0.29, 0.717) is 0 Å². The van der Waals surface area contributed by atoms with E-state index in [1.165, 1.54) is 22.3 Å². The van der Waals surface area contributed by atoms with Crippen LogP contribution in [0.5, 0.6) is 0 Å². The minimum absolute atomic E-state index is 0.884. The molecule has 9 aromatic carbocycles. The standard InChI is InChI=1S/C54H38N2O/c1-5-15-39(16-6-1)40-25-29-45(30-26-40)55(43-19-9-3-10-20-43)47-33-35-49(51(37-47)41-17-7-2-8-18-41)42-27-31-46(32-28-42)56(44-21-11-4-12-22-44)48-34-36-54-52(38-48)50-23-13-14-24-53(50)57-54/h1-38H. The maximum Gasteiger partial charge on any atom is 0.135 e. The monoisotopic (exact) mass is 730 g/mol. The minimum Gasteiger partial charge on any atom is -0.456 e. The van der Waals surface area contributed by atoms with E-state index in [1.54, 1.807) is 0 Å². The lowest BCUT2D eigenvalue weighted by molar-refractivity contribution is 0.669. The van der Waals surface area contributed by atoms with Crippen LogP contribution in [0.25, 0.3) is 55.3 Å². The fraction of sp³-hybridized carbons (Fsp3) is 0. The van der Waals surface area contributed by atoms with Gasteiger partial charge in [0.25, 0.3) is 0 Å². The van der Waals surface area contributed by atoms with Crippen molar-refractivity contribution in [2.24, 2.45) is 0 Å². The zero-order valence-corrected chi connectivity index (χ0v) is 31.2. The number of hydrogen-bond acceptors (Lipinski definition) is 3. The third kappa shape index (κ3) is 6.62. The second kappa shape index (κ2) is 14.9.